The first-order valence-electron chi connectivity index (χ1n) is 2.71. The van der Waals surface area contributed by atoms with Gasteiger partial charge < -0.3 is 4.42 Å². The first-order valence-corrected chi connectivity index (χ1v) is 3.50. The second-order valence-corrected chi connectivity index (χ2v) is 2.74. The third-order valence-electron chi connectivity index (χ3n) is 1.15. The summed E-state index contributed by atoms with van der Waals surface area (Å²) in [7, 11) is 0. The number of fused-ring (bicyclic) bond motifs is 1. The lowest BCUT2D eigenvalue weighted by molar-refractivity contribution is 0.602. The van der Waals surface area contributed by atoms with E-state index in [4.69, 9.17) is 4.42 Å². The predicted octanol–water partition coefficient (Wildman–Crippen LogP) is 1.99. The van der Waals surface area contributed by atoms with Crippen LogP contribution in [0.4, 0.5) is 0 Å². The quantitative estimate of drug-likeness (QED) is 0.651. The molecule has 0 fully saturated rings. The highest BCUT2D eigenvalue weighted by Crippen LogP contribution is 2.14. The molecule has 3 nitrogen and oxygen atoms in total. The molecular weight excluding hydrogens is 196 g/mol. The van der Waals surface area contributed by atoms with E-state index in [9.17, 15) is 0 Å². The van der Waals surface area contributed by atoms with Crippen molar-refractivity contribution in [3.63, 3.8) is 0 Å². The molecule has 0 aliphatic rings. The molecule has 0 unspecified atom stereocenters. The molecule has 0 spiro atoms. The second-order valence-electron chi connectivity index (χ2n) is 1.83. The zero-order chi connectivity index (χ0) is 6.97. The number of hydrogen-bond donors (Lipinski definition) is 0. The summed E-state index contributed by atoms with van der Waals surface area (Å²) in [5.41, 5.74) is 1.34. The normalized spacial score (nSPS) is 10.5. The maximum absolute atomic E-state index is 5.00. The highest BCUT2D eigenvalue weighted by molar-refractivity contribution is 9.10. The topological polar surface area (TPSA) is 38.9 Å². The maximum atomic E-state index is 5.00. The van der Waals surface area contributed by atoms with Crippen molar-refractivity contribution in [2.45, 2.75) is 0 Å². The van der Waals surface area contributed by atoms with E-state index in [1.54, 1.807) is 6.20 Å². The van der Waals surface area contributed by atoms with Crippen LogP contribution in [0.2, 0.25) is 0 Å². The van der Waals surface area contributed by atoms with Crippen molar-refractivity contribution in [1.82, 2.24) is 9.97 Å². The summed E-state index contributed by atoms with van der Waals surface area (Å²) in [4.78, 5) is 7.85. The van der Waals surface area contributed by atoms with Crippen LogP contribution in [-0.2, 0) is 0 Å². The van der Waals surface area contributed by atoms with Crippen LogP contribution in [0.5, 0.6) is 0 Å². The summed E-state index contributed by atoms with van der Waals surface area (Å²) >= 11 is 3.27. The van der Waals surface area contributed by atoms with Gasteiger partial charge in [0, 0.05) is 16.7 Å². The third-order valence-corrected chi connectivity index (χ3v) is 1.59. The summed E-state index contributed by atoms with van der Waals surface area (Å²) < 4.78 is 5.89. The van der Waals surface area contributed by atoms with Crippen LogP contribution in [-0.4, -0.2) is 9.97 Å². The van der Waals surface area contributed by atoms with Crippen LogP contribution < -0.4 is 0 Å². The average Bonchev–Trinajstić information content (AvgIpc) is 2.33. The molecular formula is C6H3BrN2O. The summed E-state index contributed by atoms with van der Waals surface area (Å²) in [6.07, 6.45) is 3.06. The average molecular weight is 199 g/mol. The molecule has 2 heterocycles. The van der Waals surface area contributed by atoms with Crippen molar-refractivity contribution in [2.75, 3.05) is 0 Å². The van der Waals surface area contributed by atoms with Gasteiger partial charge in [0.15, 0.2) is 17.6 Å². The lowest BCUT2D eigenvalue weighted by Crippen LogP contribution is -1.73. The number of halogens is 1. The van der Waals surface area contributed by atoms with Crippen molar-refractivity contribution in [1.29, 1.82) is 0 Å². The van der Waals surface area contributed by atoms with E-state index in [1.165, 1.54) is 6.39 Å². The molecule has 0 saturated heterocycles. The minimum Gasteiger partial charge on any atom is -0.442 e. The zero-order valence-corrected chi connectivity index (χ0v) is 6.50. The Hall–Kier alpha value is -0.900. The Bertz CT molecular complexity index is 357. The fraction of sp³-hybridized carbons (Fsp3) is 0. The van der Waals surface area contributed by atoms with E-state index >= 15 is 0 Å². The Kier molecular flexibility index (Phi) is 1.20. The van der Waals surface area contributed by atoms with E-state index in [-0.39, 0.29) is 0 Å². The van der Waals surface area contributed by atoms with E-state index in [2.05, 4.69) is 25.9 Å². The van der Waals surface area contributed by atoms with Crippen molar-refractivity contribution < 1.29 is 4.42 Å². The van der Waals surface area contributed by atoms with E-state index in [1.807, 2.05) is 6.07 Å². The summed E-state index contributed by atoms with van der Waals surface area (Å²) in [6.45, 7) is 0. The molecule has 50 valence electrons. The van der Waals surface area contributed by atoms with Crippen LogP contribution >= 0.6 is 15.9 Å². The van der Waals surface area contributed by atoms with Crippen LogP contribution in [0.25, 0.3) is 11.2 Å². The number of aromatic nitrogens is 2. The molecule has 0 radical (unpaired) electrons. The molecule has 0 N–H and O–H groups in total. The van der Waals surface area contributed by atoms with Gasteiger partial charge in [-0.1, -0.05) is 0 Å². The minimum absolute atomic E-state index is 0.642. The van der Waals surface area contributed by atoms with Gasteiger partial charge >= 0.3 is 0 Å². The van der Waals surface area contributed by atoms with Gasteiger partial charge in [-0.05, 0) is 15.9 Å². The highest BCUT2D eigenvalue weighted by Gasteiger charge is 1.97. The van der Waals surface area contributed by atoms with Crippen LogP contribution in [0, 0.1) is 0 Å². The number of hydrogen-bond acceptors (Lipinski definition) is 3. The van der Waals surface area contributed by atoms with Crippen molar-refractivity contribution in [3.05, 3.63) is 23.1 Å². The first-order chi connectivity index (χ1) is 4.86. The third kappa shape index (κ3) is 0.806. The van der Waals surface area contributed by atoms with Crippen molar-refractivity contribution >= 4 is 27.2 Å². The summed E-state index contributed by atoms with van der Waals surface area (Å²) in [5.74, 6) is 0. The predicted molar refractivity (Wildman–Crippen MR) is 39.5 cm³/mol. The van der Waals surface area contributed by atoms with Crippen LogP contribution in [0.1, 0.15) is 0 Å². The Morgan fingerprint density at radius 2 is 2.30 bits per heavy atom. The van der Waals surface area contributed by atoms with E-state index < -0.39 is 0 Å². The molecule has 0 aliphatic carbocycles. The van der Waals surface area contributed by atoms with E-state index in [0.717, 1.165) is 4.47 Å². The van der Waals surface area contributed by atoms with Gasteiger partial charge in [-0.25, -0.2) is 4.98 Å². The highest BCUT2D eigenvalue weighted by atomic mass is 79.9. The number of rotatable bonds is 0. The van der Waals surface area contributed by atoms with Gasteiger partial charge in [-0.15, -0.1) is 0 Å². The molecule has 0 amide bonds. The van der Waals surface area contributed by atoms with Gasteiger partial charge in [0.1, 0.15) is 0 Å². The van der Waals surface area contributed by atoms with Gasteiger partial charge in [-0.3, -0.25) is 0 Å². The Labute approximate surface area is 65.2 Å². The molecule has 0 saturated carbocycles. The van der Waals surface area contributed by atoms with Gasteiger partial charge in [0.2, 0.25) is 0 Å². The SMILES string of the molecule is Brc1cnc2ncoc2c1. The van der Waals surface area contributed by atoms with Crippen LogP contribution in [0.3, 0.4) is 0 Å². The van der Waals surface area contributed by atoms with Gasteiger partial charge in [0.25, 0.3) is 0 Å². The molecule has 2 aromatic rings. The Balaban J connectivity index is 2.86. The monoisotopic (exact) mass is 198 g/mol. The molecule has 2 aromatic heterocycles. The van der Waals surface area contributed by atoms with Crippen LogP contribution in [0.15, 0.2) is 27.5 Å². The lowest BCUT2D eigenvalue weighted by atomic mass is 10.5. The van der Waals surface area contributed by atoms with Crippen molar-refractivity contribution in [3.8, 4) is 0 Å². The molecule has 0 bridgehead atoms. The standard InChI is InChI=1S/C6H3BrN2O/c7-4-1-5-6(8-2-4)9-3-10-5/h1-3H. The number of nitrogens with zero attached hydrogens (tertiary/aromatic N) is 2. The minimum atomic E-state index is 0.642. The number of oxazole rings is 1. The fourth-order valence-corrected chi connectivity index (χ4v) is 1.04. The molecule has 0 atom stereocenters. The maximum Gasteiger partial charge on any atom is 0.198 e. The molecule has 0 aliphatic heterocycles. The fourth-order valence-electron chi connectivity index (χ4n) is 0.730. The van der Waals surface area contributed by atoms with Crippen molar-refractivity contribution in [2.24, 2.45) is 0 Å². The summed E-state index contributed by atoms with van der Waals surface area (Å²) in [5, 5.41) is 0. The zero-order valence-electron chi connectivity index (χ0n) is 4.91. The number of pyridine rings is 1. The summed E-state index contributed by atoms with van der Waals surface area (Å²) in [6, 6.07) is 1.83. The molecule has 2 rings (SSSR count). The first kappa shape index (κ1) is 5.85. The molecule has 0 aromatic carbocycles. The Morgan fingerprint density at radius 1 is 1.40 bits per heavy atom. The Morgan fingerprint density at radius 3 is 3.20 bits per heavy atom. The smallest absolute Gasteiger partial charge is 0.198 e. The van der Waals surface area contributed by atoms with E-state index in [0.29, 0.717) is 11.2 Å². The second kappa shape index (κ2) is 2.05. The lowest BCUT2D eigenvalue weighted by Gasteiger charge is -1.85. The molecule has 10 heavy (non-hydrogen) atoms. The molecule has 4 heteroatoms. The largest absolute Gasteiger partial charge is 0.442 e. The van der Waals surface area contributed by atoms with Gasteiger partial charge in [-0.2, -0.15) is 4.98 Å². The van der Waals surface area contributed by atoms with Gasteiger partial charge in [0.05, 0.1) is 0 Å².